The van der Waals surface area contributed by atoms with Crippen LogP contribution in [0.5, 0.6) is 5.75 Å². The third-order valence-corrected chi connectivity index (χ3v) is 8.90. The number of thioether (sulfide) groups is 1. The number of methoxy groups -OCH3 is 1. The number of rotatable bonds is 7. The highest BCUT2D eigenvalue weighted by atomic mass is 32.2. The Morgan fingerprint density at radius 3 is 2.56 bits per heavy atom. The summed E-state index contributed by atoms with van der Waals surface area (Å²) < 4.78 is 31.0. The van der Waals surface area contributed by atoms with Crippen molar-refractivity contribution >= 4 is 38.4 Å². The van der Waals surface area contributed by atoms with Crippen molar-refractivity contribution in [1.82, 2.24) is 14.5 Å². The SMILES string of the molecule is COc1ccccc1-n1c(SCC(=O)N(C2CC2)C2CCS(=O)(=O)C2)nc2ccccc2c1=O. The van der Waals surface area contributed by atoms with Crippen molar-refractivity contribution in [1.29, 1.82) is 0 Å². The number of sulfone groups is 1. The molecule has 5 rings (SSSR count). The van der Waals surface area contributed by atoms with Crippen LogP contribution in [0.4, 0.5) is 0 Å². The van der Waals surface area contributed by atoms with E-state index in [0.29, 0.717) is 33.9 Å². The number of para-hydroxylation sites is 3. The topological polar surface area (TPSA) is 98.6 Å². The van der Waals surface area contributed by atoms with Crippen molar-refractivity contribution in [2.75, 3.05) is 24.4 Å². The zero-order valence-corrected chi connectivity index (χ0v) is 20.3. The quantitative estimate of drug-likeness (QED) is 0.364. The molecule has 1 aromatic heterocycles. The van der Waals surface area contributed by atoms with Gasteiger partial charge in [-0.2, -0.15) is 0 Å². The van der Waals surface area contributed by atoms with Gasteiger partial charge in [-0.1, -0.05) is 36.0 Å². The van der Waals surface area contributed by atoms with Crippen LogP contribution in [0.1, 0.15) is 19.3 Å². The molecule has 2 aromatic carbocycles. The van der Waals surface area contributed by atoms with E-state index in [4.69, 9.17) is 9.72 Å². The normalized spacial score (nSPS) is 19.3. The van der Waals surface area contributed by atoms with E-state index in [1.54, 1.807) is 35.2 Å². The first-order valence-corrected chi connectivity index (χ1v) is 14.0. The summed E-state index contributed by atoms with van der Waals surface area (Å²) in [6.07, 6.45) is 2.27. The lowest BCUT2D eigenvalue weighted by molar-refractivity contribution is -0.130. The van der Waals surface area contributed by atoms with Gasteiger partial charge < -0.3 is 9.64 Å². The second kappa shape index (κ2) is 9.07. The Labute approximate surface area is 201 Å². The molecular weight excluding hydrogens is 474 g/mol. The Kier molecular flexibility index (Phi) is 6.11. The molecule has 1 atom stereocenters. The van der Waals surface area contributed by atoms with Gasteiger partial charge in [-0.05, 0) is 43.5 Å². The molecule has 1 saturated carbocycles. The number of aromatic nitrogens is 2. The maximum absolute atomic E-state index is 13.5. The van der Waals surface area contributed by atoms with Crippen molar-refractivity contribution in [3.8, 4) is 11.4 Å². The smallest absolute Gasteiger partial charge is 0.266 e. The number of benzene rings is 2. The lowest BCUT2D eigenvalue weighted by Crippen LogP contribution is -2.43. The molecule has 0 bridgehead atoms. The van der Waals surface area contributed by atoms with Gasteiger partial charge in [-0.15, -0.1) is 0 Å². The van der Waals surface area contributed by atoms with Crippen LogP contribution in [0.3, 0.4) is 0 Å². The molecule has 3 aromatic rings. The Morgan fingerprint density at radius 1 is 1.12 bits per heavy atom. The van der Waals surface area contributed by atoms with Crippen molar-refractivity contribution in [2.24, 2.45) is 0 Å². The van der Waals surface area contributed by atoms with Gasteiger partial charge in [-0.25, -0.2) is 13.4 Å². The summed E-state index contributed by atoms with van der Waals surface area (Å²) in [6, 6.07) is 14.1. The molecule has 34 heavy (non-hydrogen) atoms. The lowest BCUT2D eigenvalue weighted by atomic mass is 10.2. The molecular formula is C24H25N3O5S2. The van der Waals surface area contributed by atoms with E-state index >= 15 is 0 Å². The van der Waals surface area contributed by atoms with E-state index in [0.717, 1.165) is 12.8 Å². The van der Waals surface area contributed by atoms with E-state index in [-0.39, 0.29) is 40.8 Å². The standard InChI is InChI=1S/C24H25N3O5S2/c1-32-21-9-5-4-8-20(21)27-23(29)18-6-2-3-7-19(18)25-24(27)33-14-22(28)26(16-10-11-16)17-12-13-34(30,31)15-17/h2-9,16-17H,10-15H2,1H3. The summed E-state index contributed by atoms with van der Waals surface area (Å²) >= 11 is 1.19. The van der Waals surface area contributed by atoms with Crippen molar-refractivity contribution < 1.29 is 17.9 Å². The van der Waals surface area contributed by atoms with Crippen molar-refractivity contribution in [3.63, 3.8) is 0 Å². The maximum Gasteiger partial charge on any atom is 0.266 e. The minimum Gasteiger partial charge on any atom is -0.495 e. The molecule has 0 N–H and O–H groups in total. The molecule has 0 radical (unpaired) electrons. The number of amides is 1. The molecule has 1 amide bonds. The highest BCUT2D eigenvalue weighted by Gasteiger charge is 2.42. The summed E-state index contributed by atoms with van der Waals surface area (Å²) in [4.78, 5) is 33.2. The summed E-state index contributed by atoms with van der Waals surface area (Å²) in [5.41, 5.74) is 0.852. The fourth-order valence-electron chi connectivity index (χ4n) is 4.49. The van der Waals surface area contributed by atoms with Crippen LogP contribution in [-0.4, -0.2) is 65.2 Å². The molecule has 2 aliphatic rings. The summed E-state index contributed by atoms with van der Waals surface area (Å²) in [5.74, 6) is 0.614. The number of ether oxygens (including phenoxy) is 1. The van der Waals surface area contributed by atoms with Crippen LogP contribution in [0, 0.1) is 0 Å². The van der Waals surface area contributed by atoms with E-state index < -0.39 is 9.84 Å². The summed E-state index contributed by atoms with van der Waals surface area (Å²) in [5, 5.41) is 0.858. The first kappa shape index (κ1) is 22.9. The number of carbonyl (C=O) groups is 1. The molecule has 2 fully saturated rings. The number of nitrogens with zero attached hydrogens (tertiary/aromatic N) is 3. The Morgan fingerprint density at radius 2 is 1.85 bits per heavy atom. The maximum atomic E-state index is 13.5. The minimum atomic E-state index is -3.10. The van der Waals surface area contributed by atoms with E-state index in [1.165, 1.54) is 23.4 Å². The van der Waals surface area contributed by atoms with Gasteiger partial charge in [0.05, 0.1) is 41.0 Å². The van der Waals surface area contributed by atoms with Crippen LogP contribution in [-0.2, 0) is 14.6 Å². The van der Waals surface area contributed by atoms with Gasteiger partial charge in [-0.3, -0.25) is 14.2 Å². The van der Waals surface area contributed by atoms with Gasteiger partial charge in [0, 0.05) is 12.1 Å². The van der Waals surface area contributed by atoms with Crippen LogP contribution >= 0.6 is 11.8 Å². The average Bonchev–Trinajstić information content (AvgIpc) is 3.60. The van der Waals surface area contributed by atoms with Crippen LogP contribution in [0.2, 0.25) is 0 Å². The first-order chi connectivity index (χ1) is 16.4. The molecule has 1 saturated heterocycles. The lowest BCUT2D eigenvalue weighted by Gasteiger charge is -2.28. The highest BCUT2D eigenvalue weighted by Crippen LogP contribution is 2.34. The Balaban J connectivity index is 1.50. The highest BCUT2D eigenvalue weighted by molar-refractivity contribution is 7.99. The molecule has 0 spiro atoms. The molecule has 178 valence electrons. The second-order valence-corrected chi connectivity index (χ2v) is 11.8. The van der Waals surface area contributed by atoms with Gasteiger partial charge in [0.1, 0.15) is 5.75 Å². The predicted octanol–water partition coefficient (Wildman–Crippen LogP) is 2.66. The number of fused-ring (bicyclic) bond motifs is 1. The Bertz CT molecular complexity index is 1420. The van der Waals surface area contributed by atoms with Gasteiger partial charge in [0.25, 0.3) is 5.56 Å². The van der Waals surface area contributed by atoms with Crippen molar-refractivity contribution in [2.45, 2.75) is 36.5 Å². The molecule has 10 heteroatoms. The largest absolute Gasteiger partial charge is 0.495 e. The average molecular weight is 500 g/mol. The molecule has 1 aliphatic heterocycles. The molecule has 1 aliphatic carbocycles. The van der Waals surface area contributed by atoms with Gasteiger partial charge >= 0.3 is 0 Å². The fraction of sp³-hybridized carbons (Fsp3) is 0.375. The molecule has 2 heterocycles. The minimum absolute atomic E-state index is 0.0278. The fourth-order valence-corrected chi connectivity index (χ4v) is 7.08. The third-order valence-electron chi connectivity index (χ3n) is 6.23. The monoisotopic (exact) mass is 499 g/mol. The molecule has 8 nitrogen and oxygen atoms in total. The van der Waals surface area contributed by atoms with Gasteiger partial charge in [0.2, 0.25) is 5.91 Å². The number of hydrogen-bond acceptors (Lipinski definition) is 7. The van der Waals surface area contributed by atoms with Crippen LogP contribution in [0.15, 0.2) is 58.5 Å². The summed E-state index contributed by atoms with van der Waals surface area (Å²) in [6.45, 7) is 0. The van der Waals surface area contributed by atoms with Gasteiger partial charge in [0.15, 0.2) is 15.0 Å². The zero-order chi connectivity index (χ0) is 23.9. The van der Waals surface area contributed by atoms with Crippen LogP contribution < -0.4 is 10.3 Å². The van der Waals surface area contributed by atoms with E-state index in [2.05, 4.69) is 0 Å². The number of hydrogen-bond donors (Lipinski definition) is 0. The van der Waals surface area contributed by atoms with Crippen LogP contribution in [0.25, 0.3) is 16.6 Å². The van der Waals surface area contributed by atoms with E-state index in [9.17, 15) is 18.0 Å². The zero-order valence-electron chi connectivity index (χ0n) is 18.7. The third kappa shape index (κ3) is 4.44. The summed E-state index contributed by atoms with van der Waals surface area (Å²) in [7, 11) is -1.56. The predicted molar refractivity (Wildman–Crippen MR) is 132 cm³/mol. The Hall–Kier alpha value is -2.85. The van der Waals surface area contributed by atoms with E-state index in [1.807, 2.05) is 18.2 Å². The number of carbonyl (C=O) groups excluding carboxylic acids is 1. The molecule has 1 unspecified atom stereocenters. The second-order valence-electron chi connectivity index (χ2n) is 8.60. The first-order valence-electron chi connectivity index (χ1n) is 11.2. The van der Waals surface area contributed by atoms with Crippen molar-refractivity contribution in [3.05, 3.63) is 58.9 Å².